The van der Waals surface area contributed by atoms with Crippen molar-refractivity contribution < 1.29 is 9.59 Å². The topological polar surface area (TPSA) is 52.0 Å². The Labute approximate surface area is 111 Å². The van der Waals surface area contributed by atoms with Gasteiger partial charge in [0, 0.05) is 18.8 Å². The van der Waals surface area contributed by atoms with Crippen LogP contribution in [0, 0.1) is 5.92 Å². The normalized spacial score (nSPS) is 18.2. The van der Waals surface area contributed by atoms with E-state index in [0.29, 0.717) is 17.7 Å². The van der Waals surface area contributed by atoms with Gasteiger partial charge in [0.2, 0.25) is 0 Å². The minimum Gasteiger partial charge on any atom is -0.293 e. The van der Waals surface area contributed by atoms with Crippen molar-refractivity contribution in [2.75, 3.05) is 0 Å². The largest absolute Gasteiger partial charge is 0.293 e. The highest BCUT2D eigenvalue weighted by Crippen LogP contribution is 2.27. The van der Waals surface area contributed by atoms with Crippen molar-refractivity contribution in [2.45, 2.75) is 12.8 Å². The van der Waals surface area contributed by atoms with Gasteiger partial charge < -0.3 is 0 Å². The molecular formula is C15H14N2O2. The molecule has 19 heavy (non-hydrogen) atoms. The van der Waals surface area contributed by atoms with Gasteiger partial charge in [0.15, 0.2) is 11.6 Å². The third-order valence-electron chi connectivity index (χ3n) is 3.58. The second-order valence-electron chi connectivity index (χ2n) is 4.85. The van der Waals surface area contributed by atoms with E-state index >= 15 is 0 Å². The predicted molar refractivity (Wildman–Crippen MR) is 70.1 cm³/mol. The lowest BCUT2D eigenvalue weighted by molar-refractivity contribution is 0.0787. The highest BCUT2D eigenvalue weighted by molar-refractivity contribution is 6.16. The molecule has 4 heteroatoms. The molecule has 96 valence electrons. The Balaban J connectivity index is 1.92. The summed E-state index contributed by atoms with van der Waals surface area (Å²) in [7, 11) is 1.76. The minimum absolute atomic E-state index is 0.0718. The number of carbonyl (C=O) groups is 2. The standard InChI is InChI=1S/C15H14N2O2/c1-17-9-8-13(16-17)15(19)12-7-6-10-4-2-3-5-11(10)14(12)18/h2-5,8-9,12H,6-7H2,1H3. The van der Waals surface area contributed by atoms with Crippen molar-refractivity contribution in [1.82, 2.24) is 9.78 Å². The van der Waals surface area contributed by atoms with Crippen LogP contribution in [0.4, 0.5) is 0 Å². The quantitative estimate of drug-likeness (QED) is 0.608. The molecule has 1 aliphatic rings. The van der Waals surface area contributed by atoms with E-state index in [2.05, 4.69) is 5.10 Å². The molecule has 0 saturated carbocycles. The molecule has 4 nitrogen and oxygen atoms in total. The third kappa shape index (κ3) is 1.99. The zero-order valence-corrected chi connectivity index (χ0v) is 10.7. The molecule has 1 aliphatic carbocycles. The Morgan fingerprint density at radius 2 is 2.11 bits per heavy atom. The lowest BCUT2D eigenvalue weighted by Crippen LogP contribution is -2.29. The molecule has 1 atom stereocenters. The Kier molecular flexibility index (Phi) is 2.78. The van der Waals surface area contributed by atoms with Crippen molar-refractivity contribution in [1.29, 1.82) is 0 Å². The highest BCUT2D eigenvalue weighted by atomic mass is 16.2. The first-order chi connectivity index (χ1) is 9.16. The summed E-state index contributed by atoms with van der Waals surface area (Å²) >= 11 is 0. The van der Waals surface area contributed by atoms with Crippen LogP contribution in [0.1, 0.15) is 32.8 Å². The summed E-state index contributed by atoms with van der Waals surface area (Å²) in [5.74, 6) is -0.817. The summed E-state index contributed by atoms with van der Waals surface area (Å²) in [6.45, 7) is 0. The molecule has 0 radical (unpaired) electrons. The van der Waals surface area contributed by atoms with E-state index in [4.69, 9.17) is 0 Å². The van der Waals surface area contributed by atoms with E-state index in [9.17, 15) is 9.59 Å². The van der Waals surface area contributed by atoms with Gasteiger partial charge in [-0.05, 0) is 24.5 Å². The van der Waals surface area contributed by atoms with Crippen LogP contribution in [0.25, 0.3) is 0 Å². The van der Waals surface area contributed by atoms with Gasteiger partial charge in [-0.15, -0.1) is 0 Å². The van der Waals surface area contributed by atoms with Crippen LogP contribution in [0.2, 0.25) is 0 Å². The Hall–Kier alpha value is -2.23. The van der Waals surface area contributed by atoms with Gasteiger partial charge in [-0.1, -0.05) is 24.3 Å². The second kappa shape index (κ2) is 4.46. The summed E-state index contributed by atoms with van der Waals surface area (Å²) in [4.78, 5) is 24.7. The predicted octanol–water partition coefficient (Wildman–Crippen LogP) is 2.05. The van der Waals surface area contributed by atoms with E-state index in [-0.39, 0.29) is 11.6 Å². The molecule has 1 aromatic heterocycles. The van der Waals surface area contributed by atoms with Crippen LogP contribution in [-0.2, 0) is 13.5 Å². The molecule has 0 fully saturated rings. The maximum absolute atomic E-state index is 12.4. The fourth-order valence-electron chi connectivity index (χ4n) is 2.57. The van der Waals surface area contributed by atoms with Crippen molar-refractivity contribution in [3.05, 3.63) is 53.3 Å². The van der Waals surface area contributed by atoms with Crippen molar-refractivity contribution in [3.8, 4) is 0 Å². The maximum Gasteiger partial charge on any atom is 0.193 e. The molecule has 0 saturated heterocycles. The van der Waals surface area contributed by atoms with E-state index in [0.717, 1.165) is 12.0 Å². The molecule has 1 aromatic carbocycles. The number of ketones is 2. The molecule has 0 spiro atoms. The molecular weight excluding hydrogens is 240 g/mol. The SMILES string of the molecule is Cn1ccc(C(=O)C2CCc3ccccc3C2=O)n1. The van der Waals surface area contributed by atoms with Crippen LogP contribution >= 0.6 is 0 Å². The van der Waals surface area contributed by atoms with Gasteiger partial charge in [0.25, 0.3) is 0 Å². The smallest absolute Gasteiger partial charge is 0.193 e. The van der Waals surface area contributed by atoms with Gasteiger partial charge in [-0.25, -0.2) is 0 Å². The zero-order chi connectivity index (χ0) is 13.4. The number of hydrogen-bond donors (Lipinski definition) is 0. The fourth-order valence-corrected chi connectivity index (χ4v) is 2.57. The number of benzene rings is 1. The van der Waals surface area contributed by atoms with Crippen molar-refractivity contribution in [2.24, 2.45) is 13.0 Å². The first kappa shape index (κ1) is 11.8. The first-order valence-electron chi connectivity index (χ1n) is 6.33. The second-order valence-corrected chi connectivity index (χ2v) is 4.85. The van der Waals surface area contributed by atoms with Gasteiger partial charge in [0.1, 0.15) is 5.69 Å². The van der Waals surface area contributed by atoms with Crippen LogP contribution in [0.15, 0.2) is 36.5 Å². The lowest BCUT2D eigenvalue weighted by atomic mass is 9.80. The number of rotatable bonds is 2. The maximum atomic E-state index is 12.4. The molecule has 3 rings (SSSR count). The molecule has 0 N–H and O–H groups in total. The Morgan fingerprint density at radius 1 is 1.32 bits per heavy atom. The molecule has 0 aliphatic heterocycles. The van der Waals surface area contributed by atoms with E-state index in [1.165, 1.54) is 0 Å². The van der Waals surface area contributed by atoms with Crippen LogP contribution < -0.4 is 0 Å². The number of aromatic nitrogens is 2. The Bertz CT molecular complexity index is 658. The minimum atomic E-state index is -0.579. The average Bonchev–Trinajstić information content (AvgIpc) is 2.85. The molecule has 1 unspecified atom stereocenters. The first-order valence-corrected chi connectivity index (χ1v) is 6.33. The summed E-state index contributed by atoms with van der Waals surface area (Å²) in [6.07, 6.45) is 3.06. The summed E-state index contributed by atoms with van der Waals surface area (Å²) in [5.41, 5.74) is 2.10. The molecule has 1 heterocycles. The molecule has 0 amide bonds. The van der Waals surface area contributed by atoms with Gasteiger partial charge >= 0.3 is 0 Å². The number of fused-ring (bicyclic) bond motifs is 1. The van der Waals surface area contributed by atoms with Crippen molar-refractivity contribution in [3.63, 3.8) is 0 Å². The number of aryl methyl sites for hydroxylation is 2. The third-order valence-corrected chi connectivity index (χ3v) is 3.58. The van der Waals surface area contributed by atoms with Crippen molar-refractivity contribution >= 4 is 11.6 Å². The Morgan fingerprint density at radius 3 is 2.84 bits per heavy atom. The van der Waals surface area contributed by atoms with Gasteiger partial charge in [0.05, 0.1) is 5.92 Å². The lowest BCUT2D eigenvalue weighted by Gasteiger charge is -2.21. The molecule has 0 bridgehead atoms. The molecule has 2 aromatic rings. The monoisotopic (exact) mass is 254 g/mol. The fraction of sp³-hybridized carbons (Fsp3) is 0.267. The summed E-state index contributed by atoms with van der Waals surface area (Å²) in [6, 6.07) is 9.18. The number of hydrogen-bond acceptors (Lipinski definition) is 3. The summed E-state index contributed by atoms with van der Waals surface area (Å²) < 4.78 is 1.58. The zero-order valence-electron chi connectivity index (χ0n) is 10.7. The summed E-state index contributed by atoms with van der Waals surface area (Å²) in [5, 5.41) is 4.09. The van der Waals surface area contributed by atoms with Gasteiger partial charge in [-0.2, -0.15) is 5.10 Å². The van der Waals surface area contributed by atoms with Gasteiger partial charge in [-0.3, -0.25) is 14.3 Å². The highest BCUT2D eigenvalue weighted by Gasteiger charge is 2.33. The average molecular weight is 254 g/mol. The van der Waals surface area contributed by atoms with Crippen LogP contribution in [0.5, 0.6) is 0 Å². The van der Waals surface area contributed by atoms with Crippen LogP contribution in [0.3, 0.4) is 0 Å². The van der Waals surface area contributed by atoms with E-state index < -0.39 is 5.92 Å². The van der Waals surface area contributed by atoms with Crippen LogP contribution in [-0.4, -0.2) is 21.3 Å². The van der Waals surface area contributed by atoms with E-state index in [1.54, 1.807) is 30.1 Å². The van der Waals surface area contributed by atoms with E-state index in [1.807, 2.05) is 18.2 Å². The number of carbonyl (C=O) groups excluding carboxylic acids is 2. The number of Topliss-reactive ketones (excluding diaryl/α,β-unsaturated/α-hetero) is 2. The number of nitrogens with zero attached hydrogens (tertiary/aromatic N) is 2.